The largest absolute Gasteiger partial charge is 0.329 e. The lowest BCUT2D eigenvalue weighted by Gasteiger charge is -2.04. The molecule has 23 heavy (non-hydrogen) atoms. The molecule has 3 aromatic rings. The average Bonchev–Trinajstić information content (AvgIpc) is 3.16. The lowest BCUT2D eigenvalue weighted by Crippen LogP contribution is -2.01. The van der Waals surface area contributed by atoms with Gasteiger partial charge in [-0.05, 0) is 12.1 Å². The minimum Gasteiger partial charge on any atom is -0.329 e. The molecule has 10 heteroatoms. The Bertz CT molecular complexity index is 792. The first-order valence-electron chi connectivity index (χ1n) is 6.41. The van der Waals surface area contributed by atoms with Crippen molar-refractivity contribution in [1.82, 2.24) is 19.7 Å². The number of alkyl halides is 2. The number of nitrogens with one attached hydrogen (secondary N) is 1. The number of aromatic nitrogens is 4. The fraction of sp³-hybridized carbons (Fsp3) is 0.154. The smallest absolute Gasteiger partial charge is 0.319 e. The molecular weight excluding hydrogens is 364 g/mol. The van der Waals surface area contributed by atoms with Crippen LogP contribution in [0.3, 0.4) is 0 Å². The number of benzene rings is 1. The normalized spacial score (nSPS) is 11.1. The van der Waals surface area contributed by atoms with Crippen LogP contribution >= 0.6 is 34.7 Å². The van der Waals surface area contributed by atoms with E-state index in [0.29, 0.717) is 20.3 Å². The van der Waals surface area contributed by atoms with Gasteiger partial charge in [-0.2, -0.15) is 8.78 Å². The Morgan fingerprint density at radius 2 is 2.13 bits per heavy atom. The number of hydrogen-bond donors (Lipinski definition) is 1. The molecule has 1 N–H and O–H groups in total. The zero-order chi connectivity index (χ0) is 16.2. The Hall–Kier alpha value is -1.71. The number of para-hydroxylation sites is 1. The molecule has 2 aromatic heterocycles. The van der Waals surface area contributed by atoms with E-state index in [1.54, 1.807) is 6.07 Å². The first kappa shape index (κ1) is 16.2. The molecule has 0 radical (unpaired) electrons. The molecule has 2 heterocycles. The van der Waals surface area contributed by atoms with E-state index in [-0.39, 0.29) is 5.75 Å². The molecule has 0 aliphatic heterocycles. The highest BCUT2D eigenvalue weighted by molar-refractivity contribution is 8.00. The van der Waals surface area contributed by atoms with Crippen molar-refractivity contribution >= 4 is 45.5 Å². The molecule has 0 saturated heterocycles. The number of nitrogens with zero attached hydrogens (tertiary/aromatic N) is 4. The first-order valence-corrected chi connectivity index (χ1v) is 8.59. The van der Waals surface area contributed by atoms with E-state index in [1.807, 2.05) is 18.2 Å². The third-order valence-corrected chi connectivity index (χ3v) is 5.10. The lowest BCUT2D eigenvalue weighted by molar-refractivity contribution is 0.0678. The summed E-state index contributed by atoms with van der Waals surface area (Å²) in [6, 6.07) is 7.29. The van der Waals surface area contributed by atoms with Crippen molar-refractivity contribution in [2.24, 2.45) is 0 Å². The highest BCUT2D eigenvalue weighted by atomic mass is 35.5. The number of anilines is 2. The fourth-order valence-electron chi connectivity index (χ4n) is 1.76. The molecular formula is C13H10ClF2N5S2. The van der Waals surface area contributed by atoms with Crippen LogP contribution in [0.2, 0.25) is 5.02 Å². The highest BCUT2D eigenvalue weighted by Crippen LogP contribution is 2.31. The van der Waals surface area contributed by atoms with E-state index in [0.717, 1.165) is 10.3 Å². The van der Waals surface area contributed by atoms with Gasteiger partial charge < -0.3 is 5.32 Å². The van der Waals surface area contributed by atoms with Gasteiger partial charge in [0, 0.05) is 12.4 Å². The lowest BCUT2D eigenvalue weighted by atomic mass is 10.3. The molecule has 1 aromatic carbocycles. The summed E-state index contributed by atoms with van der Waals surface area (Å²) in [5.41, 5.74) is 0.732. The van der Waals surface area contributed by atoms with E-state index in [4.69, 9.17) is 11.6 Å². The van der Waals surface area contributed by atoms with Gasteiger partial charge in [-0.1, -0.05) is 46.8 Å². The van der Waals surface area contributed by atoms with Gasteiger partial charge >= 0.3 is 6.55 Å². The quantitative estimate of drug-likeness (QED) is 0.628. The number of thioether (sulfide) groups is 1. The van der Waals surface area contributed by atoms with Crippen LogP contribution < -0.4 is 5.32 Å². The number of hydrogen-bond acceptors (Lipinski definition) is 6. The topological polar surface area (TPSA) is 55.6 Å². The van der Waals surface area contributed by atoms with Gasteiger partial charge in [0.2, 0.25) is 5.13 Å². The predicted octanol–water partition coefficient (Wildman–Crippen LogP) is 4.82. The monoisotopic (exact) mass is 373 g/mol. The molecule has 0 atom stereocenters. The van der Waals surface area contributed by atoms with Crippen LogP contribution in [0.25, 0.3) is 0 Å². The number of rotatable bonds is 6. The van der Waals surface area contributed by atoms with Crippen LogP contribution in [0.1, 0.15) is 12.4 Å². The summed E-state index contributed by atoms with van der Waals surface area (Å²) in [5, 5.41) is 12.3. The molecule has 0 saturated carbocycles. The molecule has 0 aliphatic carbocycles. The van der Waals surface area contributed by atoms with Gasteiger partial charge in [0.15, 0.2) is 4.34 Å². The second kappa shape index (κ2) is 7.24. The Balaban J connectivity index is 1.63. The average molecular weight is 374 g/mol. The van der Waals surface area contributed by atoms with Crippen molar-refractivity contribution in [3.05, 3.63) is 47.5 Å². The molecule has 0 aliphatic rings. The van der Waals surface area contributed by atoms with Crippen molar-refractivity contribution in [3.63, 3.8) is 0 Å². The summed E-state index contributed by atoms with van der Waals surface area (Å²) in [6.45, 7) is -2.60. The Kier molecular flexibility index (Phi) is 5.09. The minimum atomic E-state index is -2.60. The van der Waals surface area contributed by atoms with Gasteiger partial charge in [-0.3, -0.25) is 4.57 Å². The number of imidazole rings is 1. The highest BCUT2D eigenvalue weighted by Gasteiger charge is 2.13. The molecule has 0 spiro atoms. The Morgan fingerprint density at radius 3 is 2.91 bits per heavy atom. The summed E-state index contributed by atoms with van der Waals surface area (Å²) >= 11 is 8.68. The maximum Gasteiger partial charge on any atom is 0.319 e. The van der Waals surface area contributed by atoms with E-state index < -0.39 is 6.55 Å². The zero-order valence-corrected chi connectivity index (χ0v) is 13.9. The second-order valence-electron chi connectivity index (χ2n) is 4.30. The predicted molar refractivity (Wildman–Crippen MR) is 87.7 cm³/mol. The van der Waals surface area contributed by atoms with Crippen molar-refractivity contribution in [1.29, 1.82) is 0 Å². The summed E-state index contributed by atoms with van der Waals surface area (Å²) in [6.07, 6.45) is 2.61. The van der Waals surface area contributed by atoms with Crippen molar-refractivity contribution in [2.45, 2.75) is 16.6 Å². The van der Waals surface area contributed by atoms with Crippen LogP contribution in [0.15, 0.2) is 41.0 Å². The third-order valence-electron chi connectivity index (χ3n) is 2.81. The fourth-order valence-corrected chi connectivity index (χ4v) is 3.65. The van der Waals surface area contributed by atoms with Crippen LogP contribution in [0, 0.1) is 0 Å². The van der Waals surface area contributed by atoms with Crippen LogP contribution in [-0.2, 0) is 5.75 Å². The van der Waals surface area contributed by atoms with E-state index in [2.05, 4.69) is 20.5 Å². The van der Waals surface area contributed by atoms with Crippen LogP contribution in [0.4, 0.5) is 19.6 Å². The van der Waals surface area contributed by atoms with Gasteiger partial charge in [-0.15, -0.1) is 10.2 Å². The molecule has 3 rings (SSSR count). The van der Waals surface area contributed by atoms with Crippen molar-refractivity contribution < 1.29 is 8.78 Å². The molecule has 0 unspecified atom stereocenters. The van der Waals surface area contributed by atoms with Gasteiger partial charge in [0.1, 0.15) is 5.82 Å². The molecule has 0 fully saturated rings. The first-order chi connectivity index (χ1) is 11.1. The maximum atomic E-state index is 12.7. The SMILES string of the molecule is FC(F)n1ccnc1CSc1nnc(Nc2ccccc2Cl)s1. The van der Waals surface area contributed by atoms with E-state index >= 15 is 0 Å². The Labute approximate surface area is 143 Å². The molecule has 0 amide bonds. The van der Waals surface area contributed by atoms with Gasteiger partial charge in [-0.25, -0.2) is 4.98 Å². The van der Waals surface area contributed by atoms with Crippen molar-refractivity contribution in [2.75, 3.05) is 5.32 Å². The van der Waals surface area contributed by atoms with Crippen LogP contribution in [0.5, 0.6) is 0 Å². The second-order valence-corrected chi connectivity index (χ2v) is 6.90. The maximum absolute atomic E-state index is 12.7. The van der Waals surface area contributed by atoms with Crippen molar-refractivity contribution in [3.8, 4) is 0 Å². The third kappa shape index (κ3) is 3.98. The number of halogens is 3. The van der Waals surface area contributed by atoms with Gasteiger partial charge in [0.25, 0.3) is 0 Å². The summed E-state index contributed by atoms with van der Waals surface area (Å²) in [4.78, 5) is 3.92. The minimum absolute atomic E-state index is 0.290. The summed E-state index contributed by atoms with van der Waals surface area (Å²) < 4.78 is 27.0. The Morgan fingerprint density at radius 1 is 1.30 bits per heavy atom. The zero-order valence-electron chi connectivity index (χ0n) is 11.5. The van der Waals surface area contributed by atoms with Crippen LogP contribution in [-0.4, -0.2) is 19.7 Å². The summed E-state index contributed by atoms with van der Waals surface area (Å²) in [5.74, 6) is 0.582. The summed E-state index contributed by atoms with van der Waals surface area (Å²) in [7, 11) is 0. The van der Waals surface area contributed by atoms with E-state index in [1.165, 1.54) is 35.5 Å². The standard InChI is InChI=1S/C13H10ClF2N5S2/c14-8-3-1-2-4-9(8)18-12-19-20-13(23-12)22-7-10-17-5-6-21(10)11(15)16/h1-6,11H,7H2,(H,18,19). The van der Waals surface area contributed by atoms with E-state index in [9.17, 15) is 8.78 Å². The molecule has 120 valence electrons. The molecule has 0 bridgehead atoms. The molecule has 5 nitrogen and oxygen atoms in total. The van der Waals surface area contributed by atoms with Gasteiger partial charge in [0.05, 0.1) is 16.5 Å².